The van der Waals surface area contributed by atoms with Gasteiger partial charge in [-0.25, -0.2) is 0 Å². The minimum Gasteiger partial charge on any atom is -0.381 e. The molecule has 0 rings (SSSR count). The van der Waals surface area contributed by atoms with Crippen molar-refractivity contribution in [3.8, 4) is 0 Å². The summed E-state index contributed by atoms with van der Waals surface area (Å²) in [4.78, 5) is 0. The molecule has 0 saturated carbocycles. The van der Waals surface area contributed by atoms with Crippen molar-refractivity contribution in [3.63, 3.8) is 0 Å². The largest absolute Gasteiger partial charge is 0.381 e. The van der Waals surface area contributed by atoms with Crippen LogP contribution in [-0.4, -0.2) is 18.5 Å². The normalized spacial score (nSPS) is 16.5. The Kier molecular flexibility index (Phi) is 7.16. The van der Waals surface area contributed by atoms with E-state index in [0.29, 0.717) is 12.0 Å². The molecule has 2 unspecified atom stereocenters. The molecule has 0 heterocycles. The molecule has 0 saturated heterocycles. The molecule has 0 amide bonds. The Morgan fingerprint density at radius 3 is 2.17 bits per heavy atom. The van der Waals surface area contributed by atoms with E-state index in [1.54, 1.807) is 0 Å². The number of hydrogen-bond donors (Lipinski definition) is 0. The predicted octanol–water partition coefficient (Wildman–Crippen LogP) is 3.47. The van der Waals surface area contributed by atoms with Crippen LogP contribution in [0.25, 0.3) is 0 Å². The summed E-state index contributed by atoms with van der Waals surface area (Å²) in [6.07, 6.45) is 2.83. The van der Waals surface area contributed by atoms with Gasteiger partial charge < -0.3 is 4.74 Å². The summed E-state index contributed by atoms with van der Waals surface area (Å²) in [6.45, 7) is 6.67. The number of methoxy groups -OCH3 is 1. The lowest BCUT2D eigenvalue weighted by atomic mass is 9.94. The molecule has 1 nitrogen and oxygen atoms in total. The molecule has 0 aliphatic heterocycles. The van der Waals surface area contributed by atoms with Gasteiger partial charge in [0.15, 0.2) is 0 Å². The van der Waals surface area contributed by atoms with Crippen molar-refractivity contribution in [2.75, 3.05) is 12.4 Å². The second-order valence-electron chi connectivity index (χ2n) is 3.68. The average Bonchev–Trinajstić information content (AvgIpc) is 2.06. The molecule has 0 bridgehead atoms. The highest BCUT2D eigenvalue weighted by Crippen LogP contribution is 2.20. The van der Waals surface area contributed by atoms with E-state index in [1.165, 1.54) is 12.8 Å². The van der Waals surface area contributed by atoms with Gasteiger partial charge in [-0.3, -0.25) is 0 Å². The van der Waals surface area contributed by atoms with Crippen molar-refractivity contribution in [3.05, 3.63) is 0 Å². The molecule has 0 fully saturated rings. The lowest BCUT2D eigenvalue weighted by molar-refractivity contribution is 0.0467. The lowest BCUT2D eigenvalue weighted by Gasteiger charge is -2.23. The molecule has 0 spiro atoms. The quantitative estimate of drug-likeness (QED) is 0.643. The highest BCUT2D eigenvalue weighted by molar-refractivity contribution is 9.09. The third kappa shape index (κ3) is 4.46. The van der Waals surface area contributed by atoms with E-state index in [-0.39, 0.29) is 0 Å². The predicted molar refractivity (Wildman–Crippen MR) is 57.8 cm³/mol. The SMILES string of the molecule is CCC(CBr)CC(OC)C(C)C. The Morgan fingerprint density at radius 2 is 1.92 bits per heavy atom. The number of alkyl halides is 1. The van der Waals surface area contributed by atoms with Crippen molar-refractivity contribution < 1.29 is 4.74 Å². The third-order valence-corrected chi connectivity index (χ3v) is 3.32. The first-order chi connectivity index (χ1) is 5.65. The fourth-order valence-corrected chi connectivity index (χ4v) is 2.03. The van der Waals surface area contributed by atoms with Crippen LogP contribution in [0.4, 0.5) is 0 Å². The minimum atomic E-state index is 0.424. The lowest BCUT2D eigenvalue weighted by Crippen LogP contribution is -2.22. The third-order valence-electron chi connectivity index (χ3n) is 2.41. The van der Waals surface area contributed by atoms with Crippen molar-refractivity contribution >= 4 is 15.9 Å². The molecular formula is C10H21BrO. The first-order valence-electron chi connectivity index (χ1n) is 4.74. The number of halogens is 1. The van der Waals surface area contributed by atoms with Gasteiger partial charge in [0.1, 0.15) is 0 Å². The molecule has 0 radical (unpaired) electrons. The van der Waals surface area contributed by atoms with Gasteiger partial charge in [0.2, 0.25) is 0 Å². The summed E-state index contributed by atoms with van der Waals surface area (Å²) < 4.78 is 5.43. The molecule has 12 heavy (non-hydrogen) atoms. The highest BCUT2D eigenvalue weighted by atomic mass is 79.9. The summed E-state index contributed by atoms with van der Waals surface area (Å²) in [7, 11) is 1.81. The van der Waals surface area contributed by atoms with E-state index in [4.69, 9.17) is 4.74 Å². The van der Waals surface area contributed by atoms with Crippen molar-refractivity contribution in [2.24, 2.45) is 11.8 Å². The zero-order chi connectivity index (χ0) is 9.56. The standard InChI is InChI=1S/C10H21BrO/c1-5-9(7-11)6-10(12-4)8(2)3/h8-10H,5-7H2,1-4H3. The first kappa shape index (κ1) is 12.4. The summed E-state index contributed by atoms with van der Waals surface area (Å²) in [6, 6.07) is 0. The highest BCUT2D eigenvalue weighted by Gasteiger charge is 2.16. The van der Waals surface area contributed by atoms with Gasteiger partial charge >= 0.3 is 0 Å². The molecule has 0 aromatic rings. The Balaban J connectivity index is 3.82. The Hall–Kier alpha value is 0.440. The Bertz CT molecular complexity index is 100. The first-order valence-corrected chi connectivity index (χ1v) is 5.86. The molecular weight excluding hydrogens is 216 g/mol. The second-order valence-corrected chi connectivity index (χ2v) is 4.33. The Labute approximate surface area is 85.0 Å². The fourth-order valence-electron chi connectivity index (χ4n) is 1.31. The van der Waals surface area contributed by atoms with Gasteiger partial charge in [0.25, 0.3) is 0 Å². The van der Waals surface area contributed by atoms with Crippen LogP contribution in [0.3, 0.4) is 0 Å². The fraction of sp³-hybridized carbons (Fsp3) is 1.00. The minimum absolute atomic E-state index is 0.424. The topological polar surface area (TPSA) is 9.23 Å². The number of hydrogen-bond acceptors (Lipinski definition) is 1. The van der Waals surface area contributed by atoms with Gasteiger partial charge in [-0.1, -0.05) is 43.1 Å². The van der Waals surface area contributed by atoms with E-state index in [1.807, 2.05) is 7.11 Å². The van der Waals surface area contributed by atoms with Gasteiger partial charge in [-0.15, -0.1) is 0 Å². The number of ether oxygens (including phenoxy) is 1. The maximum atomic E-state index is 5.43. The van der Waals surface area contributed by atoms with Crippen LogP contribution in [0.2, 0.25) is 0 Å². The maximum Gasteiger partial charge on any atom is 0.0597 e. The maximum absolute atomic E-state index is 5.43. The van der Waals surface area contributed by atoms with E-state index < -0.39 is 0 Å². The van der Waals surface area contributed by atoms with E-state index in [0.717, 1.165) is 11.2 Å². The van der Waals surface area contributed by atoms with Crippen LogP contribution in [0, 0.1) is 11.8 Å². The summed E-state index contributed by atoms with van der Waals surface area (Å²) in [5, 5.41) is 1.09. The zero-order valence-electron chi connectivity index (χ0n) is 8.64. The van der Waals surface area contributed by atoms with Crippen LogP contribution in [-0.2, 0) is 4.74 Å². The number of rotatable bonds is 6. The van der Waals surface area contributed by atoms with Gasteiger partial charge in [0, 0.05) is 12.4 Å². The zero-order valence-corrected chi connectivity index (χ0v) is 10.2. The second kappa shape index (κ2) is 6.90. The molecule has 0 aromatic carbocycles. The van der Waals surface area contributed by atoms with Crippen molar-refractivity contribution in [1.29, 1.82) is 0 Å². The van der Waals surface area contributed by atoms with Crippen molar-refractivity contribution in [2.45, 2.75) is 39.7 Å². The van der Waals surface area contributed by atoms with Crippen LogP contribution >= 0.6 is 15.9 Å². The van der Waals surface area contributed by atoms with Crippen molar-refractivity contribution in [1.82, 2.24) is 0 Å². The smallest absolute Gasteiger partial charge is 0.0597 e. The molecule has 0 aliphatic rings. The monoisotopic (exact) mass is 236 g/mol. The Morgan fingerprint density at radius 1 is 1.33 bits per heavy atom. The van der Waals surface area contributed by atoms with Crippen LogP contribution in [0.5, 0.6) is 0 Å². The molecule has 2 atom stereocenters. The van der Waals surface area contributed by atoms with E-state index in [2.05, 4.69) is 36.7 Å². The van der Waals surface area contributed by atoms with Gasteiger partial charge in [-0.2, -0.15) is 0 Å². The van der Waals surface area contributed by atoms with Crippen LogP contribution in [0.15, 0.2) is 0 Å². The molecule has 0 N–H and O–H groups in total. The van der Waals surface area contributed by atoms with Crippen LogP contribution in [0.1, 0.15) is 33.6 Å². The summed E-state index contributed by atoms with van der Waals surface area (Å²) in [5.41, 5.74) is 0. The van der Waals surface area contributed by atoms with E-state index in [9.17, 15) is 0 Å². The summed E-state index contributed by atoms with van der Waals surface area (Å²) in [5.74, 6) is 1.39. The van der Waals surface area contributed by atoms with E-state index >= 15 is 0 Å². The average molecular weight is 237 g/mol. The molecule has 2 heteroatoms. The molecule has 0 aromatic heterocycles. The van der Waals surface area contributed by atoms with Gasteiger partial charge in [-0.05, 0) is 18.3 Å². The molecule has 74 valence electrons. The molecule has 0 aliphatic carbocycles. The summed E-state index contributed by atoms with van der Waals surface area (Å²) >= 11 is 3.53. The van der Waals surface area contributed by atoms with Gasteiger partial charge in [0.05, 0.1) is 6.10 Å². The van der Waals surface area contributed by atoms with Crippen LogP contribution < -0.4 is 0 Å².